The average Bonchev–Trinajstić information content (AvgIpc) is 2.61. The molecule has 3 N–H and O–H groups in total. The number of benzene rings is 2. The monoisotopic (exact) mass is 466 g/mol. The van der Waals surface area contributed by atoms with Crippen molar-refractivity contribution in [3.63, 3.8) is 0 Å². The first-order chi connectivity index (χ1) is 12.2. The SMILES string of the molecule is Cc1cccc(NC(N)=NCc2cccc(CN3CCOCC3)c2)c1.I. The third-order valence-electron chi connectivity index (χ3n) is 4.22. The zero-order chi connectivity index (χ0) is 17.5. The zero-order valence-corrected chi connectivity index (χ0v) is 17.5. The van der Waals surface area contributed by atoms with E-state index in [1.54, 1.807) is 0 Å². The highest BCUT2D eigenvalue weighted by Crippen LogP contribution is 2.12. The molecular weight excluding hydrogens is 439 g/mol. The molecule has 26 heavy (non-hydrogen) atoms. The Labute approximate surface area is 172 Å². The molecule has 0 atom stereocenters. The fourth-order valence-electron chi connectivity index (χ4n) is 2.93. The van der Waals surface area contributed by atoms with Crippen molar-refractivity contribution in [3.8, 4) is 0 Å². The minimum Gasteiger partial charge on any atom is -0.379 e. The quantitative estimate of drug-likeness (QED) is 0.403. The summed E-state index contributed by atoms with van der Waals surface area (Å²) in [5.41, 5.74) is 10.6. The number of morpholine rings is 1. The Morgan fingerprint density at radius 1 is 1.12 bits per heavy atom. The van der Waals surface area contributed by atoms with Crippen LogP contribution in [0.4, 0.5) is 5.69 Å². The number of halogens is 1. The minimum atomic E-state index is 0. The number of guanidine groups is 1. The summed E-state index contributed by atoms with van der Waals surface area (Å²) in [6, 6.07) is 16.6. The summed E-state index contributed by atoms with van der Waals surface area (Å²) in [6.45, 7) is 7.22. The summed E-state index contributed by atoms with van der Waals surface area (Å²) >= 11 is 0. The fourth-order valence-corrected chi connectivity index (χ4v) is 2.93. The van der Waals surface area contributed by atoms with E-state index in [1.807, 2.05) is 18.2 Å². The van der Waals surface area contributed by atoms with E-state index < -0.39 is 0 Å². The summed E-state index contributed by atoms with van der Waals surface area (Å²) < 4.78 is 5.40. The molecule has 0 radical (unpaired) electrons. The van der Waals surface area contributed by atoms with Crippen molar-refractivity contribution in [2.45, 2.75) is 20.0 Å². The summed E-state index contributed by atoms with van der Waals surface area (Å²) in [4.78, 5) is 6.87. The van der Waals surface area contributed by atoms with Crippen LogP contribution in [0.3, 0.4) is 0 Å². The van der Waals surface area contributed by atoms with Crippen LogP contribution in [0, 0.1) is 6.92 Å². The predicted molar refractivity (Wildman–Crippen MR) is 118 cm³/mol. The maximum Gasteiger partial charge on any atom is 0.193 e. The largest absolute Gasteiger partial charge is 0.379 e. The molecule has 0 aliphatic carbocycles. The van der Waals surface area contributed by atoms with Gasteiger partial charge in [-0.2, -0.15) is 0 Å². The number of nitrogens with two attached hydrogens (primary N) is 1. The number of ether oxygens (including phenoxy) is 1. The molecule has 0 bridgehead atoms. The van der Waals surface area contributed by atoms with Gasteiger partial charge in [-0.1, -0.05) is 36.4 Å². The van der Waals surface area contributed by atoms with Crippen LogP contribution >= 0.6 is 24.0 Å². The van der Waals surface area contributed by atoms with Crippen LogP contribution in [0.15, 0.2) is 53.5 Å². The van der Waals surface area contributed by atoms with Gasteiger partial charge in [0.1, 0.15) is 0 Å². The Morgan fingerprint density at radius 3 is 2.62 bits per heavy atom. The number of nitrogens with one attached hydrogen (secondary N) is 1. The first kappa shape index (κ1) is 20.7. The van der Waals surface area contributed by atoms with Crippen LogP contribution in [0.1, 0.15) is 16.7 Å². The van der Waals surface area contributed by atoms with E-state index in [2.05, 4.69) is 52.5 Å². The first-order valence-electron chi connectivity index (χ1n) is 8.70. The second kappa shape index (κ2) is 10.5. The van der Waals surface area contributed by atoms with E-state index in [-0.39, 0.29) is 24.0 Å². The van der Waals surface area contributed by atoms with Crippen LogP contribution in [0.25, 0.3) is 0 Å². The summed E-state index contributed by atoms with van der Waals surface area (Å²) in [7, 11) is 0. The number of nitrogens with zero attached hydrogens (tertiary/aromatic N) is 2. The van der Waals surface area contributed by atoms with Crippen molar-refractivity contribution in [3.05, 3.63) is 65.2 Å². The molecular formula is C20H27IN4O. The van der Waals surface area contributed by atoms with Crippen LogP contribution in [0.5, 0.6) is 0 Å². The molecule has 1 fully saturated rings. The molecule has 1 heterocycles. The van der Waals surface area contributed by atoms with E-state index in [9.17, 15) is 0 Å². The standard InChI is InChI=1S/C20H26N4O.HI/c1-16-4-2-7-19(12-16)23-20(21)22-14-17-5-3-6-18(13-17)15-24-8-10-25-11-9-24;/h2-7,12-13H,8-11,14-15H2,1H3,(H3,21,22,23);1H. The molecule has 5 nitrogen and oxygen atoms in total. The van der Waals surface area contributed by atoms with Gasteiger partial charge in [0.15, 0.2) is 5.96 Å². The summed E-state index contributed by atoms with van der Waals surface area (Å²) in [5.74, 6) is 0.434. The molecule has 140 valence electrons. The van der Waals surface area contributed by atoms with Gasteiger partial charge in [-0.3, -0.25) is 4.90 Å². The van der Waals surface area contributed by atoms with E-state index in [4.69, 9.17) is 10.5 Å². The lowest BCUT2D eigenvalue weighted by molar-refractivity contribution is 0.0342. The smallest absolute Gasteiger partial charge is 0.193 e. The van der Waals surface area contributed by atoms with Gasteiger partial charge in [0.05, 0.1) is 19.8 Å². The topological polar surface area (TPSA) is 62.9 Å². The van der Waals surface area contributed by atoms with Gasteiger partial charge in [-0.25, -0.2) is 4.99 Å². The number of hydrogen-bond acceptors (Lipinski definition) is 3. The third kappa shape index (κ3) is 6.59. The molecule has 2 aromatic rings. The van der Waals surface area contributed by atoms with Gasteiger partial charge >= 0.3 is 0 Å². The van der Waals surface area contributed by atoms with Crippen molar-refractivity contribution in [1.29, 1.82) is 0 Å². The fraction of sp³-hybridized carbons (Fsp3) is 0.350. The van der Waals surface area contributed by atoms with Crippen molar-refractivity contribution in [1.82, 2.24) is 4.90 Å². The van der Waals surface area contributed by atoms with Crippen molar-refractivity contribution < 1.29 is 4.74 Å². The Kier molecular flexibility index (Phi) is 8.34. The second-order valence-corrected chi connectivity index (χ2v) is 6.40. The van der Waals surface area contributed by atoms with Gasteiger partial charge in [0, 0.05) is 25.3 Å². The first-order valence-corrected chi connectivity index (χ1v) is 8.70. The Morgan fingerprint density at radius 2 is 1.85 bits per heavy atom. The highest BCUT2D eigenvalue weighted by molar-refractivity contribution is 14.0. The molecule has 1 saturated heterocycles. The van der Waals surface area contributed by atoms with Crippen LogP contribution in [-0.4, -0.2) is 37.2 Å². The van der Waals surface area contributed by atoms with Gasteiger partial charge in [-0.05, 0) is 35.7 Å². The molecule has 1 aliphatic heterocycles. The van der Waals surface area contributed by atoms with Crippen LogP contribution in [0.2, 0.25) is 0 Å². The second-order valence-electron chi connectivity index (χ2n) is 6.40. The van der Waals surface area contributed by atoms with Crippen LogP contribution < -0.4 is 11.1 Å². The van der Waals surface area contributed by atoms with Gasteiger partial charge in [-0.15, -0.1) is 24.0 Å². The maximum atomic E-state index is 6.01. The van der Waals surface area contributed by atoms with Gasteiger partial charge in [0.2, 0.25) is 0 Å². The van der Waals surface area contributed by atoms with E-state index in [0.717, 1.165) is 38.5 Å². The number of hydrogen-bond donors (Lipinski definition) is 2. The maximum absolute atomic E-state index is 6.01. The normalized spacial score (nSPS) is 15.3. The molecule has 3 rings (SSSR count). The molecule has 0 amide bonds. The van der Waals surface area contributed by atoms with E-state index in [1.165, 1.54) is 16.7 Å². The number of anilines is 1. The lowest BCUT2D eigenvalue weighted by atomic mass is 10.1. The number of aryl methyl sites for hydroxylation is 1. The Bertz CT molecular complexity index is 729. The zero-order valence-electron chi connectivity index (χ0n) is 15.1. The van der Waals surface area contributed by atoms with E-state index in [0.29, 0.717) is 12.5 Å². The molecule has 2 aromatic carbocycles. The highest BCUT2D eigenvalue weighted by Gasteiger charge is 2.10. The lowest BCUT2D eigenvalue weighted by Crippen LogP contribution is -2.35. The van der Waals surface area contributed by atoms with E-state index >= 15 is 0 Å². The van der Waals surface area contributed by atoms with Gasteiger partial charge in [0.25, 0.3) is 0 Å². The lowest BCUT2D eigenvalue weighted by Gasteiger charge is -2.26. The Balaban J connectivity index is 0.00000243. The third-order valence-corrected chi connectivity index (χ3v) is 4.22. The summed E-state index contributed by atoms with van der Waals surface area (Å²) in [6.07, 6.45) is 0. The van der Waals surface area contributed by atoms with Crippen molar-refractivity contribution >= 4 is 35.6 Å². The Hall–Kier alpha value is -1.64. The van der Waals surface area contributed by atoms with Gasteiger partial charge < -0.3 is 15.8 Å². The van der Waals surface area contributed by atoms with Crippen LogP contribution in [-0.2, 0) is 17.8 Å². The predicted octanol–water partition coefficient (Wildman–Crippen LogP) is 3.37. The van der Waals surface area contributed by atoms with Crippen molar-refractivity contribution in [2.24, 2.45) is 10.7 Å². The average molecular weight is 466 g/mol. The highest BCUT2D eigenvalue weighted by atomic mass is 127. The molecule has 1 aliphatic rings. The number of aliphatic imine (C=N–C) groups is 1. The molecule has 0 spiro atoms. The van der Waals surface area contributed by atoms with Crippen molar-refractivity contribution in [2.75, 3.05) is 31.6 Å². The molecule has 6 heteroatoms. The molecule has 0 aromatic heterocycles. The minimum absolute atomic E-state index is 0. The number of rotatable bonds is 5. The molecule has 0 saturated carbocycles. The molecule has 0 unspecified atom stereocenters. The summed E-state index contributed by atoms with van der Waals surface area (Å²) in [5, 5.41) is 3.14.